The molecule has 2 rings (SSSR count). The fourth-order valence-corrected chi connectivity index (χ4v) is 2.72. The third-order valence-corrected chi connectivity index (χ3v) is 4.16. The highest BCUT2D eigenvalue weighted by atomic mass is 79.9. The summed E-state index contributed by atoms with van der Waals surface area (Å²) in [6.45, 7) is 1.46. The van der Waals surface area contributed by atoms with Crippen LogP contribution in [0, 0.1) is 5.82 Å². The largest absolute Gasteiger partial charge is 0.480 e. The molecule has 1 amide bonds. The van der Waals surface area contributed by atoms with Crippen LogP contribution in [0.25, 0.3) is 0 Å². The maximum Gasteiger partial charge on any atom is 0.317 e. The lowest BCUT2D eigenvalue weighted by molar-refractivity contribution is -0.138. The van der Waals surface area contributed by atoms with Crippen molar-refractivity contribution < 1.29 is 23.8 Å². The zero-order valence-electron chi connectivity index (χ0n) is 12.7. The van der Waals surface area contributed by atoms with Crippen LogP contribution in [0.5, 0.6) is 0 Å². The SMILES string of the molecule is CN(CC(=O)O)C[C@@H]1CN(C(=O)c2ccc(Br)c(F)c2)CCO1. The Bertz CT molecular complexity index is 599. The number of likely N-dealkylation sites (N-methyl/N-ethyl adjacent to an activating group) is 1. The predicted octanol–water partition coefficient (Wildman–Crippen LogP) is 1.45. The van der Waals surface area contributed by atoms with Gasteiger partial charge in [0.2, 0.25) is 0 Å². The number of carboxylic acids is 1. The van der Waals surface area contributed by atoms with Crippen LogP contribution in [0.4, 0.5) is 4.39 Å². The third kappa shape index (κ3) is 4.98. The number of carbonyl (C=O) groups excluding carboxylic acids is 1. The van der Waals surface area contributed by atoms with Crippen molar-refractivity contribution in [2.24, 2.45) is 0 Å². The molecular formula is C15H18BrFN2O4. The van der Waals surface area contributed by atoms with Gasteiger partial charge in [-0.2, -0.15) is 0 Å². The van der Waals surface area contributed by atoms with Crippen LogP contribution in [0.1, 0.15) is 10.4 Å². The number of hydrogen-bond acceptors (Lipinski definition) is 4. The van der Waals surface area contributed by atoms with Gasteiger partial charge in [0.15, 0.2) is 0 Å². The first-order chi connectivity index (χ1) is 10.9. The molecule has 1 saturated heterocycles. The number of benzene rings is 1. The molecule has 0 spiro atoms. The molecule has 23 heavy (non-hydrogen) atoms. The smallest absolute Gasteiger partial charge is 0.317 e. The Labute approximate surface area is 141 Å². The van der Waals surface area contributed by atoms with Crippen molar-refractivity contribution in [3.63, 3.8) is 0 Å². The topological polar surface area (TPSA) is 70.1 Å². The molecule has 1 aliphatic heterocycles. The molecule has 6 nitrogen and oxygen atoms in total. The van der Waals surface area contributed by atoms with E-state index < -0.39 is 11.8 Å². The van der Waals surface area contributed by atoms with Crippen molar-refractivity contribution in [1.82, 2.24) is 9.80 Å². The number of carboxylic acid groups (broad SMARTS) is 1. The van der Waals surface area contributed by atoms with Gasteiger partial charge >= 0.3 is 5.97 Å². The molecule has 0 saturated carbocycles. The lowest BCUT2D eigenvalue weighted by atomic mass is 10.1. The van der Waals surface area contributed by atoms with Crippen molar-refractivity contribution in [3.05, 3.63) is 34.1 Å². The molecule has 0 aliphatic carbocycles. The second-order valence-corrected chi connectivity index (χ2v) is 6.32. The average Bonchev–Trinajstić information content (AvgIpc) is 2.48. The Balaban J connectivity index is 1.98. The van der Waals surface area contributed by atoms with Crippen LogP contribution in [-0.4, -0.2) is 72.7 Å². The van der Waals surface area contributed by atoms with E-state index in [4.69, 9.17) is 9.84 Å². The van der Waals surface area contributed by atoms with Crippen molar-refractivity contribution >= 4 is 27.8 Å². The first-order valence-corrected chi connectivity index (χ1v) is 7.92. The van der Waals surface area contributed by atoms with Crippen molar-refractivity contribution in [1.29, 1.82) is 0 Å². The van der Waals surface area contributed by atoms with Crippen LogP contribution in [0.3, 0.4) is 0 Å². The molecule has 8 heteroatoms. The molecule has 0 bridgehead atoms. The number of carbonyl (C=O) groups is 2. The lowest BCUT2D eigenvalue weighted by Gasteiger charge is -2.34. The summed E-state index contributed by atoms with van der Waals surface area (Å²) in [6, 6.07) is 4.27. The third-order valence-electron chi connectivity index (χ3n) is 3.51. The van der Waals surface area contributed by atoms with Crippen LogP contribution >= 0.6 is 15.9 Å². The fourth-order valence-electron chi connectivity index (χ4n) is 2.47. The molecule has 0 aromatic heterocycles. The van der Waals surface area contributed by atoms with E-state index in [0.717, 1.165) is 0 Å². The summed E-state index contributed by atoms with van der Waals surface area (Å²) in [6.07, 6.45) is -0.266. The number of rotatable bonds is 5. The van der Waals surface area contributed by atoms with Crippen molar-refractivity contribution in [2.75, 3.05) is 39.8 Å². The van der Waals surface area contributed by atoms with Gasteiger partial charge in [-0.3, -0.25) is 14.5 Å². The van der Waals surface area contributed by atoms with Crippen LogP contribution in [0.15, 0.2) is 22.7 Å². The highest BCUT2D eigenvalue weighted by molar-refractivity contribution is 9.10. The van der Waals surface area contributed by atoms with Gasteiger partial charge in [-0.1, -0.05) is 0 Å². The van der Waals surface area contributed by atoms with E-state index in [2.05, 4.69) is 15.9 Å². The fraction of sp³-hybridized carbons (Fsp3) is 0.467. The minimum absolute atomic E-state index is 0.0915. The monoisotopic (exact) mass is 388 g/mol. The van der Waals surface area contributed by atoms with Crippen LogP contribution < -0.4 is 0 Å². The molecule has 1 atom stereocenters. The van der Waals surface area contributed by atoms with Gasteiger partial charge in [-0.15, -0.1) is 0 Å². The molecule has 1 aliphatic rings. The summed E-state index contributed by atoms with van der Waals surface area (Å²) < 4.78 is 19.5. The Kier molecular flexibility index (Phi) is 6.09. The molecule has 1 N–H and O–H groups in total. The Hall–Kier alpha value is -1.51. The highest BCUT2D eigenvalue weighted by Gasteiger charge is 2.26. The summed E-state index contributed by atoms with van der Waals surface area (Å²) >= 11 is 3.06. The first-order valence-electron chi connectivity index (χ1n) is 7.13. The summed E-state index contributed by atoms with van der Waals surface area (Å²) in [5.74, 6) is -1.66. The zero-order valence-corrected chi connectivity index (χ0v) is 14.3. The van der Waals surface area contributed by atoms with E-state index in [1.165, 1.54) is 12.1 Å². The molecule has 0 radical (unpaired) electrons. The van der Waals surface area contributed by atoms with Crippen LogP contribution in [0.2, 0.25) is 0 Å². The number of ether oxygens (including phenoxy) is 1. The average molecular weight is 389 g/mol. The van der Waals surface area contributed by atoms with E-state index in [-0.39, 0.29) is 24.1 Å². The van der Waals surface area contributed by atoms with E-state index in [0.29, 0.717) is 30.7 Å². The molecule has 1 heterocycles. The van der Waals surface area contributed by atoms with Gasteiger partial charge in [-0.25, -0.2) is 4.39 Å². The number of morpholine rings is 1. The Morgan fingerprint density at radius 1 is 1.52 bits per heavy atom. The Morgan fingerprint density at radius 2 is 2.26 bits per heavy atom. The maximum absolute atomic E-state index is 13.6. The standard InChI is InChI=1S/C15H18BrFN2O4/c1-18(9-14(20)21)7-11-8-19(4-5-23-11)15(22)10-2-3-12(16)13(17)6-10/h2-3,6,11H,4-5,7-9H2,1H3,(H,20,21)/t11-/m1/s1. The minimum atomic E-state index is -0.915. The van der Waals surface area contributed by atoms with Gasteiger partial charge in [0.05, 0.1) is 23.7 Å². The van der Waals surface area contributed by atoms with E-state index >= 15 is 0 Å². The number of aliphatic carboxylic acids is 1. The van der Waals surface area contributed by atoms with Crippen LogP contribution in [-0.2, 0) is 9.53 Å². The summed E-state index contributed by atoms with van der Waals surface area (Å²) in [4.78, 5) is 26.4. The molecule has 126 valence electrons. The van der Waals surface area contributed by atoms with Crippen molar-refractivity contribution in [3.8, 4) is 0 Å². The van der Waals surface area contributed by atoms with Gasteiger partial charge < -0.3 is 14.7 Å². The van der Waals surface area contributed by atoms with E-state index in [1.54, 1.807) is 22.9 Å². The summed E-state index contributed by atoms with van der Waals surface area (Å²) in [5.41, 5.74) is 0.283. The second-order valence-electron chi connectivity index (χ2n) is 5.46. The summed E-state index contributed by atoms with van der Waals surface area (Å²) in [7, 11) is 1.68. The summed E-state index contributed by atoms with van der Waals surface area (Å²) in [5, 5.41) is 8.76. The van der Waals surface area contributed by atoms with Gasteiger partial charge in [0.25, 0.3) is 5.91 Å². The van der Waals surface area contributed by atoms with E-state index in [1.807, 2.05) is 0 Å². The Morgan fingerprint density at radius 3 is 2.91 bits per heavy atom. The highest BCUT2D eigenvalue weighted by Crippen LogP contribution is 2.18. The van der Waals surface area contributed by atoms with Gasteiger partial charge in [0, 0.05) is 25.2 Å². The van der Waals surface area contributed by atoms with Gasteiger partial charge in [0.1, 0.15) is 5.82 Å². The zero-order chi connectivity index (χ0) is 17.0. The predicted molar refractivity (Wildman–Crippen MR) is 84.9 cm³/mol. The lowest BCUT2D eigenvalue weighted by Crippen LogP contribution is -2.49. The molecule has 1 aromatic rings. The molecule has 1 fully saturated rings. The minimum Gasteiger partial charge on any atom is -0.480 e. The van der Waals surface area contributed by atoms with Gasteiger partial charge in [-0.05, 0) is 41.2 Å². The number of hydrogen-bond donors (Lipinski definition) is 1. The molecular weight excluding hydrogens is 371 g/mol. The second kappa shape index (κ2) is 7.85. The van der Waals surface area contributed by atoms with Crippen molar-refractivity contribution in [2.45, 2.75) is 6.10 Å². The normalized spacial score (nSPS) is 18.3. The van der Waals surface area contributed by atoms with E-state index in [9.17, 15) is 14.0 Å². The first kappa shape index (κ1) is 17.8. The maximum atomic E-state index is 13.6. The number of nitrogens with zero attached hydrogens (tertiary/aromatic N) is 2. The number of halogens is 2. The molecule has 1 aromatic carbocycles. The number of amides is 1. The molecule has 0 unspecified atom stereocenters. The quantitative estimate of drug-likeness (QED) is 0.826.